The van der Waals surface area contributed by atoms with E-state index in [4.69, 9.17) is 0 Å². The summed E-state index contributed by atoms with van der Waals surface area (Å²) in [6.45, 7) is 0. The summed E-state index contributed by atoms with van der Waals surface area (Å²) in [5, 5.41) is 0.0647. The minimum atomic E-state index is -3.02. The van der Waals surface area contributed by atoms with Crippen molar-refractivity contribution in [3.63, 3.8) is 0 Å². The van der Waals surface area contributed by atoms with Crippen LogP contribution in [-0.4, -0.2) is 18.1 Å². The number of rotatable bonds is 4. The van der Waals surface area contributed by atoms with Crippen molar-refractivity contribution in [1.82, 2.24) is 4.98 Å². The van der Waals surface area contributed by atoms with Crippen LogP contribution in [0.15, 0.2) is 6.07 Å². The Morgan fingerprint density at radius 1 is 1.59 bits per heavy atom. The highest BCUT2D eigenvalue weighted by Crippen LogP contribution is 2.24. The maximum Gasteiger partial charge on any atom is 0.311 e. The van der Waals surface area contributed by atoms with Gasteiger partial charge in [-0.15, -0.1) is 0 Å². The van der Waals surface area contributed by atoms with Crippen LogP contribution in [0.4, 0.5) is 13.2 Å². The van der Waals surface area contributed by atoms with Crippen molar-refractivity contribution >= 4 is 21.9 Å². The zero-order valence-corrected chi connectivity index (χ0v) is 10.4. The van der Waals surface area contributed by atoms with Crippen LogP contribution in [0.1, 0.15) is 23.4 Å². The lowest BCUT2D eigenvalue weighted by Gasteiger charge is -2.08. The highest BCUT2D eigenvalue weighted by atomic mass is 79.9. The Morgan fingerprint density at radius 3 is 2.71 bits per heavy atom. The van der Waals surface area contributed by atoms with Crippen molar-refractivity contribution < 1.29 is 22.7 Å². The summed E-state index contributed by atoms with van der Waals surface area (Å²) >= 11 is 2.98. The maximum absolute atomic E-state index is 13.4. The van der Waals surface area contributed by atoms with Gasteiger partial charge in [0, 0.05) is 10.9 Å². The first-order valence-electron chi connectivity index (χ1n) is 4.58. The Bertz CT molecular complexity index is 426. The molecular formula is C10H9BrF3NO2. The molecule has 0 radical (unpaired) electrons. The van der Waals surface area contributed by atoms with Gasteiger partial charge < -0.3 is 4.74 Å². The molecule has 1 rings (SSSR count). The predicted molar refractivity (Wildman–Crippen MR) is 57.5 cm³/mol. The summed E-state index contributed by atoms with van der Waals surface area (Å²) in [6.07, 6.45) is -3.29. The fourth-order valence-electron chi connectivity index (χ4n) is 1.22. The smallest absolute Gasteiger partial charge is 0.311 e. The van der Waals surface area contributed by atoms with E-state index in [1.165, 1.54) is 13.2 Å². The van der Waals surface area contributed by atoms with Gasteiger partial charge in [0.2, 0.25) is 0 Å². The standard InChI is InChI=1S/C10H9BrF3NO2/c1-17-7(16)3-6-2-5(4-11)8(12)9(15-6)10(13)14/h2,10H,3-4H2,1H3. The van der Waals surface area contributed by atoms with Gasteiger partial charge in [0.15, 0.2) is 5.82 Å². The van der Waals surface area contributed by atoms with E-state index in [1.54, 1.807) is 0 Å². The summed E-state index contributed by atoms with van der Waals surface area (Å²) in [5.41, 5.74) is -0.849. The molecule has 0 aliphatic carbocycles. The molecule has 0 saturated carbocycles. The zero-order valence-electron chi connectivity index (χ0n) is 8.84. The molecule has 3 nitrogen and oxygen atoms in total. The molecule has 0 aromatic carbocycles. The van der Waals surface area contributed by atoms with Gasteiger partial charge in [-0.1, -0.05) is 15.9 Å². The largest absolute Gasteiger partial charge is 0.469 e. The minimum Gasteiger partial charge on any atom is -0.469 e. The fourth-order valence-corrected chi connectivity index (χ4v) is 1.63. The Kier molecular flexibility index (Phi) is 4.92. The van der Waals surface area contributed by atoms with Crippen LogP contribution in [0.5, 0.6) is 0 Å². The second-order valence-electron chi connectivity index (χ2n) is 3.16. The highest BCUT2D eigenvalue weighted by Gasteiger charge is 2.20. The number of carbonyl (C=O) groups is 1. The molecule has 0 fully saturated rings. The van der Waals surface area contributed by atoms with Crippen molar-refractivity contribution in [2.45, 2.75) is 18.2 Å². The van der Waals surface area contributed by atoms with Gasteiger partial charge >= 0.3 is 5.97 Å². The van der Waals surface area contributed by atoms with Gasteiger partial charge in [0.1, 0.15) is 5.69 Å². The molecular weight excluding hydrogens is 303 g/mol. The highest BCUT2D eigenvalue weighted by molar-refractivity contribution is 9.08. The minimum absolute atomic E-state index is 0.0363. The monoisotopic (exact) mass is 311 g/mol. The lowest BCUT2D eigenvalue weighted by molar-refractivity contribution is -0.139. The Morgan fingerprint density at radius 2 is 2.24 bits per heavy atom. The van der Waals surface area contributed by atoms with Gasteiger partial charge in [0.05, 0.1) is 19.2 Å². The summed E-state index contributed by atoms with van der Waals surface area (Å²) in [4.78, 5) is 14.4. The van der Waals surface area contributed by atoms with Crippen molar-refractivity contribution in [2.75, 3.05) is 7.11 Å². The number of halogens is 4. The topological polar surface area (TPSA) is 39.2 Å². The first-order valence-corrected chi connectivity index (χ1v) is 5.70. The normalized spacial score (nSPS) is 10.7. The molecule has 1 aromatic rings. The van der Waals surface area contributed by atoms with Crippen molar-refractivity contribution in [3.05, 3.63) is 28.8 Å². The van der Waals surface area contributed by atoms with Crippen LogP contribution in [0.25, 0.3) is 0 Å². The van der Waals surface area contributed by atoms with Crippen molar-refractivity contribution in [3.8, 4) is 0 Å². The molecule has 0 amide bonds. The number of carbonyl (C=O) groups excluding carboxylic acids is 1. The van der Waals surface area contributed by atoms with E-state index in [0.717, 1.165) is 0 Å². The third kappa shape index (κ3) is 3.42. The van der Waals surface area contributed by atoms with Gasteiger partial charge in [-0.25, -0.2) is 18.2 Å². The molecule has 0 unspecified atom stereocenters. The van der Waals surface area contributed by atoms with Crippen LogP contribution in [-0.2, 0) is 21.3 Å². The van der Waals surface area contributed by atoms with Crippen LogP contribution in [0.3, 0.4) is 0 Å². The third-order valence-electron chi connectivity index (χ3n) is 2.02. The average molecular weight is 312 g/mol. The number of methoxy groups -OCH3 is 1. The number of alkyl halides is 3. The van der Waals surface area contributed by atoms with Gasteiger partial charge in [0.25, 0.3) is 6.43 Å². The van der Waals surface area contributed by atoms with E-state index < -0.39 is 23.9 Å². The van der Waals surface area contributed by atoms with E-state index in [-0.39, 0.29) is 23.0 Å². The molecule has 0 N–H and O–H groups in total. The fraction of sp³-hybridized carbons (Fsp3) is 0.400. The Hall–Kier alpha value is -1.11. The number of nitrogens with zero attached hydrogens (tertiary/aromatic N) is 1. The van der Waals surface area contributed by atoms with Gasteiger partial charge in [-0.3, -0.25) is 4.79 Å². The number of aromatic nitrogens is 1. The molecule has 94 valence electrons. The van der Waals surface area contributed by atoms with E-state index in [1.807, 2.05) is 0 Å². The van der Waals surface area contributed by atoms with Crippen molar-refractivity contribution in [2.24, 2.45) is 0 Å². The lowest BCUT2D eigenvalue weighted by atomic mass is 10.1. The molecule has 17 heavy (non-hydrogen) atoms. The first-order chi connectivity index (χ1) is 7.99. The number of hydrogen-bond acceptors (Lipinski definition) is 3. The van der Waals surface area contributed by atoms with E-state index in [2.05, 4.69) is 25.7 Å². The molecule has 0 aliphatic rings. The summed E-state index contributed by atoms with van der Waals surface area (Å²) in [5.74, 6) is -1.67. The molecule has 1 heterocycles. The first kappa shape index (κ1) is 14.0. The van der Waals surface area contributed by atoms with Gasteiger partial charge in [-0.05, 0) is 6.07 Å². The zero-order chi connectivity index (χ0) is 13.0. The number of pyridine rings is 1. The third-order valence-corrected chi connectivity index (χ3v) is 2.62. The molecule has 0 spiro atoms. The molecule has 0 saturated heterocycles. The van der Waals surface area contributed by atoms with E-state index in [0.29, 0.717) is 0 Å². The SMILES string of the molecule is COC(=O)Cc1cc(CBr)c(F)c(C(F)F)n1. The number of ether oxygens (including phenoxy) is 1. The predicted octanol–water partition coefficient (Wildman–Crippen LogP) is 2.77. The maximum atomic E-state index is 13.4. The summed E-state index contributed by atoms with van der Waals surface area (Å²) < 4.78 is 42.8. The average Bonchev–Trinajstić information content (AvgIpc) is 2.30. The quantitative estimate of drug-likeness (QED) is 0.634. The van der Waals surface area contributed by atoms with Crippen LogP contribution in [0, 0.1) is 5.82 Å². The lowest BCUT2D eigenvalue weighted by Crippen LogP contribution is -2.10. The number of esters is 1. The van der Waals surface area contributed by atoms with Crippen LogP contribution in [0.2, 0.25) is 0 Å². The van der Waals surface area contributed by atoms with Gasteiger partial charge in [-0.2, -0.15) is 0 Å². The van der Waals surface area contributed by atoms with Crippen molar-refractivity contribution in [1.29, 1.82) is 0 Å². The van der Waals surface area contributed by atoms with Crippen LogP contribution >= 0.6 is 15.9 Å². The Labute approximate surface area is 104 Å². The van der Waals surface area contributed by atoms with Crippen LogP contribution < -0.4 is 0 Å². The molecule has 0 atom stereocenters. The van der Waals surface area contributed by atoms with E-state index in [9.17, 15) is 18.0 Å². The molecule has 1 aromatic heterocycles. The second kappa shape index (κ2) is 6.00. The molecule has 0 bridgehead atoms. The Balaban J connectivity index is 3.15. The summed E-state index contributed by atoms with van der Waals surface area (Å²) in [7, 11) is 1.17. The number of hydrogen-bond donors (Lipinski definition) is 0. The van der Waals surface area contributed by atoms with E-state index >= 15 is 0 Å². The molecule has 7 heteroatoms. The molecule has 0 aliphatic heterocycles. The summed E-state index contributed by atoms with van der Waals surface area (Å²) in [6, 6.07) is 1.26. The second-order valence-corrected chi connectivity index (χ2v) is 3.72.